The number of nitrogens with zero attached hydrogens (tertiary/aromatic N) is 1. The molecule has 0 saturated carbocycles. The van der Waals surface area contributed by atoms with Crippen LogP contribution in [0.25, 0.3) is 0 Å². The van der Waals surface area contributed by atoms with Crippen molar-refractivity contribution in [3.05, 3.63) is 34.9 Å². The van der Waals surface area contributed by atoms with Crippen molar-refractivity contribution < 1.29 is 28.7 Å². The molecular weight excluding hydrogens is 364 g/mol. The van der Waals surface area contributed by atoms with Crippen molar-refractivity contribution in [3.8, 4) is 0 Å². The normalized spacial score (nSPS) is 16.3. The van der Waals surface area contributed by atoms with Gasteiger partial charge >= 0.3 is 12.1 Å². The summed E-state index contributed by atoms with van der Waals surface area (Å²) in [6.07, 6.45) is -0.904. The molecule has 0 spiro atoms. The average Bonchev–Trinajstić information content (AvgIpc) is 2.96. The van der Waals surface area contributed by atoms with E-state index in [1.165, 1.54) is 4.90 Å². The minimum Gasteiger partial charge on any atom is -0.455 e. The lowest BCUT2D eigenvalue weighted by atomic mass is 10.1. The molecule has 1 fully saturated rings. The Morgan fingerprint density at radius 1 is 1.27 bits per heavy atom. The second-order valence-corrected chi connectivity index (χ2v) is 6.05. The first kappa shape index (κ1) is 19.7. The molecule has 3 amide bonds. The number of hydrogen-bond donors (Lipinski definition) is 1. The molecule has 1 atom stereocenters. The van der Waals surface area contributed by atoms with Gasteiger partial charge in [0.05, 0.1) is 12.5 Å². The van der Waals surface area contributed by atoms with Crippen molar-refractivity contribution in [2.75, 3.05) is 19.8 Å². The summed E-state index contributed by atoms with van der Waals surface area (Å²) < 4.78 is 9.41. The molecule has 1 aliphatic heterocycles. The highest BCUT2D eigenvalue weighted by molar-refractivity contribution is 6.31. The van der Waals surface area contributed by atoms with Crippen LogP contribution in [0.5, 0.6) is 0 Å². The van der Waals surface area contributed by atoms with Crippen molar-refractivity contribution in [2.45, 2.75) is 19.9 Å². The van der Waals surface area contributed by atoms with Crippen LogP contribution in [0.3, 0.4) is 0 Å². The van der Waals surface area contributed by atoms with Crippen LogP contribution in [0.2, 0.25) is 5.02 Å². The number of carbonyl (C=O) groups is 4. The lowest BCUT2D eigenvalue weighted by Gasteiger charge is -2.17. The van der Waals surface area contributed by atoms with Crippen LogP contribution < -0.4 is 5.32 Å². The third-order valence-electron chi connectivity index (χ3n) is 3.73. The summed E-state index contributed by atoms with van der Waals surface area (Å²) >= 11 is 6.09. The molecule has 1 N–H and O–H groups in total. The molecule has 1 aromatic carbocycles. The molecule has 0 radical (unpaired) electrons. The van der Waals surface area contributed by atoms with Crippen LogP contribution >= 0.6 is 11.6 Å². The van der Waals surface area contributed by atoms with E-state index in [0.717, 1.165) is 5.56 Å². The Labute approximate surface area is 155 Å². The first-order valence-corrected chi connectivity index (χ1v) is 8.43. The number of halogens is 1. The lowest BCUT2D eigenvalue weighted by Crippen LogP contribution is -2.35. The zero-order valence-corrected chi connectivity index (χ0v) is 15.0. The predicted molar refractivity (Wildman–Crippen MR) is 91.1 cm³/mol. The van der Waals surface area contributed by atoms with Gasteiger partial charge in [-0.25, -0.2) is 4.79 Å². The zero-order chi connectivity index (χ0) is 19.1. The number of alkyl carbamates (subject to hydrolysis) is 1. The van der Waals surface area contributed by atoms with Gasteiger partial charge in [-0.15, -0.1) is 0 Å². The highest BCUT2D eigenvalue weighted by atomic mass is 35.5. The van der Waals surface area contributed by atoms with Crippen molar-refractivity contribution in [3.63, 3.8) is 0 Å². The number of amides is 3. The van der Waals surface area contributed by atoms with Crippen molar-refractivity contribution >= 4 is 35.5 Å². The minimum absolute atomic E-state index is 0.00276. The van der Waals surface area contributed by atoms with Gasteiger partial charge in [0.15, 0.2) is 6.61 Å². The smallest absolute Gasteiger partial charge is 0.413 e. The first-order valence-electron chi connectivity index (χ1n) is 8.05. The fraction of sp³-hybridized carbons (Fsp3) is 0.412. The third-order valence-corrected chi connectivity index (χ3v) is 4.10. The standard InChI is InChI=1S/C17H19ClN2O6/c1-2-25-17(24)19-14(21)10-26-16(23)12-7-15(22)20(9-12)8-11-5-3-4-6-13(11)18/h3-6,12H,2,7-10H2,1H3,(H,19,21,24)/t12-/m0/s1. The summed E-state index contributed by atoms with van der Waals surface area (Å²) in [5.41, 5.74) is 0.783. The summed E-state index contributed by atoms with van der Waals surface area (Å²) in [6, 6.07) is 7.14. The molecule has 140 valence electrons. The van der Waals surface area contributed by atoms with Gasteiger partial charge in [0, 0.05) is 24.5 Å². The molecule has 1 aromatic rings. The average molecular weight is 383 g/mol. The Balaban J connectivity index is 1.82. The topological polar surface area (TPSA) is 102 Å². The van der Waals surface area contributed by atoms with E-state index in [2.05, 4.69) is 4.74 Å². The zero-order valence-electron chi connectivity index (χ0n) is 14.2. The number of esters is 1. The number of likely N-dealkylation sites (tertiary alicyclic amines) is 1. The van der Waals surface area contributed by atoms with E-state index in [1.54, 1.807) is 25.1 Å². The fourth-order valence-corrected chi connectivity index (χ4v) is 2.68. The van der Waals surface area contributed by atoms with Crippen LogP contribution in [0.15, 0.2) is 24.3 Å². The first-order chi connectivity index (χ1) is 12.4. The maximum atomic E-state index is 12.1. The number of imide groups is 1. The van der Waals surface area contributed by atoms with E-state index in [0.29, 0.717) is 11.6 Å². The molecule has 9 heteroatoms. The van der Waals surface area contributed by atoms with Gasteiger partial charge in [0.25, 0.3) is 5.91 Å². The van der Waals surface area contributed by atoms with Crippen molar-refractivity contribution in [1.82, 2.24) is 10.2 Å². The van der Waals surface area contributed by atoms with E-state index in [9.17, 15) is 19.2 Å². The number of hydrogen-bond acceptors (Lipinski definition) is 6. The van der Waals surface area contributed by atoms with Gasteiger partial charge in [-0.2, -0.15) is 0 Å². The summed E-state index contributed by atoms with van der Waals surface area (Å²) in [4.78, 5) is 48.2. The third kappa shape index (κ3) is 5.45. The molecule has 0 bridgehead atoms. The van der Waals surface area contributed by atoms with Gasteiger partial charge in [-0.1, -0.05) is 29.8 Å². The van der Waals surface area contributed by atoms with Gasteiger partial charge in [-0.3, -0.25) is 19.7 Å². The number of rotatable bonds is 6. The van der Waals surface area contributed by atoms with E-state index in [4.69, 9.17) is 16.3 Å². The minimum atomic E-state index is -0.907. The van der Waals surface area contributed by atoms with Crippen LogP contribution in [0.4, 0.5) is 4.79 Å². The summed E-state index contributed by atoms with van der Waals surface area (Å²) in [6.45, 7) is 1.57. The van der Waals surface area contributed by atoms with Crippen molar-refractivity contribution in [2.24, 2.45) is 5.92 Å². The lowest BCUT2D eigenvalue weighted by molar-refractivity contribution is -0.152. The Kier molecular flexibility index (Phi) is 6.97. The maximum Gasteiger partial charge on any atom is 0.413 e. The Bertz CT molecular complexity index is 708. The van der Waals surface area contributed by atoms with Gasteiger partial charge in [0.2, 0.25) is 5.91 Å². The monoisotopic (exact) mass is 382 g/mol. The largest absolute Gasteiger partial charge is 0.455 e. The summed E-state index contributed by atoms with van der Waals surface area (Å²) in [7, 11) is 0. The highest BCUT2D eigenvalue weighted by Gasteiger charge is 2.35. The quantitative estimate of drug-likeness (QED) is 0.748. The van der Waals surface area contributed by atoms with Crippen LogP contribution in [0, 0.1) is 5.92 Å². The molecule has 1 saturated heterocycles. The molecular formula is C17H19ClN2O6. The van der Waals surface area contributed by atoms with E-state index >= 15 is 0 Å². The summed E-state index contributed by atoms with van der Waals surface area (Å²) in [5, 5.41) is 2.46. The molecule has 0 aliphatic carbocycles. The molecule has 2 rings (SSSR count). The van der Waals surface area contributed by atoms with Crippen molar-refractivity contribution in [1.29, 1.82) is 0 Å². The van der Waals surface area contributed by atoms with Gasteiger partial charge in [-0.05, 0) is 18.6 Å². The predicted octanol–water partition coefficient (Wildman–Crippen LogP) is 1.50. The van der Waals surface area contributed by atoms with Crippen LogP contribution in [0.1, 0.15) is 18.9 Å². The maximum absolute atomic E-state index is 12.1. The van der Waals surface area contributed by atoms with E-state index in [1.807, 2.05) is 11.4 Å². The Morgan fingerprint density at radius 3 is 2.69 bits per heavy atom. The number of nitrogens with one attached hydrogen (secondary N) is 1. The molecule has 26 heavy (non-hydrogen) atoms. The van der Waals surface area contributed by atoms with Gasteiger partial charge < -0.3 is 14.4 Å². The van der Waals surface area contributed by atoms with Crippen LogP contribution in [-0.2, 0) is 30.4 Å². The second-order valence-electron chi connectivity index (χ2n) is 5.64. The highest BCUT2D eigenvalue weighted by Crippen LogP contribution is 2.24. The van der Waals surface area contributed by atoms with Gasteiger partial charge in [0.1, 0.15) is 0 Å². The molecule has 0 unspecified atom stereocenters. The summed E-state index contributed by atoms with van der Waals surface area (Å²) in [5.74, 6) is -2.32. The van der Waals surface area contributed by atoms with E-state index in [-0.39, 0.29) is 25.5 Å². The number of carbonyl (C=O) groups excluding carboxylic acids is 4. The SMILES string of the molecule is CCOC(=O)NC(=O)COC(=O)[C@H]1CC(=O)N(Cc2ccccc2Cl)C1. The molecule has 0 aromatic heterocycles. The molecule has 1 heterocycles. The number of benzene rings is 1. The second kappa shape index (κ2) is 9.19. The number of ether oxygens (including phenoxy) is 2. The molecule has 1 aliphatic rings. The van der Waals surface area contributed by atoms with E-state index < -0.39 is 30.5 Å². The Hall–Kier alpha value is -2.61. The fourth-order valence-electron chi connectivity index (χ4n) is 2.49. The Morgan fingerprint density at radius 2 is 2.00 bits per heavy atom. The molecule has 8 nitrogen and oxygen atoms in total. The van der Waals surface area contributed by atoms with Crippen LogP contribution in [-0.4, -0.2) is 48.5 Å².